The van der Waals surface area contributed by atoms with Crippen LogP contribution in [0, 0.1) is 0 Å². The monoisotopic (exact) mass is 361 g/mol. The fourth-order valence-corrected chi connectivity index (χ4v) is 2.42. The minimum atomic E-state index is -0.320. The van der Waals surface area contributed by atoms with Crippen molar-refractivity contribution in [1.29, 1.82) is 0 Å². The Morgan fingerprint density at radius 3 is 2.26 bits per heavy atom. The molecule has 3 aromatic rings. The Hall–Kier alpha value is -3.54. The van der Waals surface area contributed by atoms with Crippen molar-refractivity contribution in [3.63, 3.8) is 0 Å². The summed E-state index contributed by atoms with van der Waals surface area (Å²) in [6.07, 6.45) is 3.56. The lowest BCUT2D eigenvalue weighted by atomic mass is 10.1. The lowest BCUT2D eigenvalue weighted by Crippen LogP contribution is -2.20. The minimum Gasteiger partial charge on any atom is -0.484 e. The van der Waals surface area contributed by atoms with Gasteiger partial charge in [-0.3, -0.25) is 9.59 Å². The molecule has 0 aliphatic heterocycles. The zero-order chi connectivity index (χ0) is 19.1. The number of aromatic nitrogens is 2. The Morgan fingerprint density at radius 2 is 1.63 bits per heavy atom. The molecule has 0 saturated heterocycles. The Bertz CT molecular complexity index is 908. The van der Waals surface area contributed by atoms with Gasteiger partial charge in [0.25, 0.3) is 5.91 Å². The van der Waals surface area contributed by atoms with Gasteiger partial charge in [-0.2, -0.15) is 0 Å². The van der Waals surface area contributed by atoms with E-state index in [0.717, 1.165) is 5.56 Å². The summed E-state index contributed by atoms with van der Waals surface area (Å²) in [5.74, 6) is 0.859. The minimum absolute atomic E-state index is 0.0678. The van der Waals surface area contributed by atoms with Crippen LogP contribution in [-0.2, 0) is 4.79 Å². The molecular formula is C21H19N3O3. The number of nitrogens with zero attached hydrogens (tertiary/aromatic N) is 2. The SMILES string of the molecule is CCC(=O)c1ccc(OCC(=O)Nc2cnc(-c3ccccc3)nc2)cc1. The Morgan fingerprint density at radius 1 is 0.963 bits per heavy atom. The van der Waals surface area contributed by atoms with E-state index in [2.05, 4.69) is 15.3 Å². The van der Waals surface area contributed by atoms with Crippen molar-refractivity contribution >= 4 is 17.4 Å². The highest BCUT2D eigenvalue weighted by atomic mass is 16.5. The largest absolute Gasteiger partial charge is 0.484 e. The first-order valence-electron chi connectivity index (χ1n) is 8.59. The summed E-state index contributed by atoms with van der Waals surface area (Å²) in [7, 11) is 0. The van der Waals surface area contributed by atoms with Crippen LogP contribution in [0.15, 0.2) is 67.0 Å². The maximum Gasteiger partial charge on any atom is 0.262 e. The van der Waals surface area contributed by atoms with Crippen molar-refractivity contribution in [1.82, 2.24) is 9.97 Å². The Labute approximate surface area is 157 Å². The van der Waals surface area contributed by atoms with E-state index in [1.807, 2.05) is 37.3 Å². The van der Waals surface area contributed by atoms with E-state index in [0.29, 0.717) is 29.2 Å². The van der Waals surface area contributed by atoms with Gasteiger partial charge in [-0.1, -0.05) is 37.3 Å². The summed E-state index contributed by atoms with van der Waals surface area (Å²) in [5, 5.41) is 2.69. The number of Topliss-reactive ketones (excluding diaryl/α,β-unsaturated/α-hetero) is 1. The van der Waals surface area contributed by atoms with Crippen molar-refractivity contribution in [2.75, 3.05) is 11.9 Å². The number of nitrogens with one attached hydrogen (secondary N) is 1. The molecule has 0 aliphatic rings. The third-order valence-electron chi connectivity index (χ3n) is 3.83. The summed E-state index contributed by atoms with van der Waals surface area (Å²) < 4.78 is 5.44. The summed E-state index contributed by atoms with van der Waals surface area (Å²) >= 11 is 0. The zero-order valence-corrected chi connectivity index (χ0v) is 14.9. The van der Waals surface area contributed by atoms with Gasteiger partial charge in [0, 0.05) is 17.5 Å². The molecule has 0 spiro atoms. The van der Waals surface area contributed by atoms with Gasteiger partial charge < -0.3 is 10.1 Å². The van der Waals surface area contributed by atoms with Gasteiger partial charge in [-0.15, -0.1) is 0 Å². The van der Waals surface area contributed by atoms with Gasteiger partial charge in [0.1, 0.15) is 5.75 Å². The number of benzene rings is 2. The lowest BCUT2D eigenvalue weighted by molar-refractivity contribution is -0.118. The van der Waals surface area contributed by atoms with Crippen LogP contribution in [0.5, 0.6) is 5.75 Å². The van der Waals surface area contributed by atoms with Gasteiger partial charge in [-0.05, 0) is 24.3 Å². The van der Waals surface area contributed by atoms with E-state index in [4.69, 9.17) is 4.74 Å². The van der Waals surface area contributed by atoms with Crippen molar-refractivity contribution in [2.45, 2.75) is 13.3 Å². The first kappa shape index (κ1) is 18.3. The second-order valence-electron chi connectivity index (χ2n) is 5.80. The van der Waals surface area contributed by atoms with Gasteiger partial charge in [0.15, 0.2) is 18.2 Å². The van der Waals surface area contributed by atoms with Crippen LogP contribution in [0.25, 0.3) is 11.4 Å². The molecule has 0 bridgehead atoms. The highest BCUT2D eigenvalue weighted by Crippen LogP contribution is 2.15. The third-order valence-corrected chi connectivity index (χ3v) is 3.83. The van der Waals surface area contributed by atoms with Crippen molar-refractivity contribution < 1.29 is 14.3 Å². The number of hydrogen-bond donors (Lipinski definition) is 1. The lowest BCUT2D eigenvalue weighted by Gasteiger charge is -2.08. The number of amides is 1. The van der Waals surface area contributed by atoms with Crippen molar-refractivity contribution in [3.05, 3.63) is 72.6 Å². The van der Waals surface area contributed by atoms with Gasteiger partial charge >= 0.3 is 0 Å². The van der Waals surface area contributed by atoms with Gasteiger partial charge in [-0.25, -0.2) is 9.97 Å². The van der Waals surface area contributed by atoms with E-state index in [1.165, 1.54) is 0 Å². The molecule has 1 amide bonds. The predicted octanol–water partition coefficient (Wildman–Crippen LogP) is 3.75. The van der Waals surface area contributed by atoms with E-state index in [-0.39, 0.29) is 18.3 Å². The third kappa shape index (κ3) is 4.98. The number of carbonyl (C=O) groups excluding carboxylic acids is 2. The van der Waals surface area contributed by atoms with E-state index in [9.17, 15) is 9.59 Å². The summed E-state index contributed by atoms with van der Waals surface area (Å²) in [4.78, 5) is 32.1. The van der Waals surface area contributed by atoms with E-state index < -0.39 is 0 Å². The molecule has 6 nitrogen and oxygen atoms in total. The van der Waals surface area contributed by atoms with Crippen molar-refractivity contribution in [3.8, 4) is 17.1 Å². The van der Waals surface area contributed by atoms with Crippen LogP contribution in [0.2, 0.25) is 0 Å². The van der Waals surface area contributed by atoms with Gasteiger partial charge in [0.05, 0.1) is 18.1 Å². The summed E-state index contributed by atoms with van der Waals surface area (Å²) in [6, 6.07) is 16.3. The van der Waals surface area contributed by atoms with Crippen LogP contribution in [-0.4, -0.2) is 28.3 Å². The number of ketones is 1. The van der Waals surface area contributed by atoms with E-state index >= 15 is 0 Å². The first-order chi connectivity index (χ1) is 13.2. The molecule has 0 aliphatic carbocycles. The molecule has 6 heteroatoms. The fourth-order valence-electron chi connectivity index (χ4n) is 2.42. The molecule has 27 heavy (non-hydrogen) atoms. The van der Waals surface area contributed by atoms with Crippen LogP contribution < -0.4 is 10.1 Å². The quantitative estimate of drug-likeness (QED) is 0.648. The summed E-state index contributed by atoms with van der Waals surface area (Å²) in [6.45, 7) is 1.66. The molecule has 0 unspecified atom stereocenters. The average molecular weight is 361 g/mol. The molecule has 0 atom stereocenters. The molecule has 0 saturated carbocycles. The topological polar surface area (TPSA) is 81.2 Å². The van der Waals surface area contributed by atoms with Crippen LogP contribution >= 0.6 is 0 Å². The van der Waals surface area contributed by atoms with Gasteiger partial charge in [0.2, 0.25) is 0 Å². The standard InChI is InChI=1S/C21H19N3O3/c1-2-19(25)15-8-10-18(11-9-15)27-14-20(26)24-17-12-22-21(23-13-17)16-6-4-3-5-7-16/h3-13H,2,14H2,1H3,(H,24,26). The van der Waals surface area contributed by atoms with Crippen LogP contribution in [0.1, 0.15) is 23.7 Å². The highest BCUT2D eigenvalue weighted by Gasteiger charge is 2.07. The second-order valence-corrected chi connectivity index (χ2v) is 5.80. The number of carbonyl (C=O) groups is 2. The number of rotatable bonds is 7. The second kappa shape index (κ2) is 8.71. The highest BCUT2D eigenvalue weighted by molar-refractivity contribution is 5.96. The molecular weight excluding hydrogens is 342 g/mol. The zero-order valence-electron chi connectivity index (χ0n) is 14.9. The molecule has 0 radical (unpaired) electrons. The normalized spacial score (nSPS) is 10.3. The van der Waals surface area contributed by atoms with E-state index in [1.54, 1.807) is 36.7 Å². The molecule has 0 fully saturated rings. The first-order valence-corrected chi connectivity index (χ1v) is 8.59. The number of hydrogen-bond acceptors (Lipinski definition) is 5. The number of anilines is 1. The van der Waals surface area contributed by atoms with Crippen molar-refractivity contribution in [2.24, 2.45) is 0 Å². The molecule has 1 heterocycles. The Kier molecular flexibility index (Phi) is 5.89. The maximum absolute atomic E-state index is 12.0. The fraction of sp³-hybridized carbons (Fsp3) is 0.143. The molecule has 2 aromatic carbocycles. The smallest absolute Gasteiger partial charge is 0.262 e. The average Bonchev–Trinajstić information content (AvgIpc) is 2.73. The number of ether oxygens (including phenoxy) is 1. The molecule has 1 N–H and O–H groups in total. The molecule has 3 rings (SSSR count). The maximum atomic E-state index is 12.0. The predicted molar refractivity (Wildman–Crippen MR) is 103 cm³/mol. The Balaban J connectivity index is 1.52. The summed E-state index contributed by atoms with van der Waals surface area (Å²) in [5.41, 5.74) is 2.03. The van der Waals surface area contributed by atoms with Crippen LogP contribution in [0.3, 0.4) is 0 Å². The van der Waals surface area contributed by atoms with Crippen LogP contribution in [0.4, 0.5) is 5.69 Å². The molecule has 136 valence electrons. The molecule has 1 aromatic heterocycles.